The Morgan fingerprint density at radius 3 is 2.88 bits per heavy atom. The van der Waals surface area contributed by atoms with Gasteiger partial charge in [0.25, 0.3) is 5.91 Å². The van der Waals surface area contributed by atoms with Gasteiger partial charge in [-0.25, -0.2) is 0 Å². The van der Waals surface area contributed by atoms with Crippen LogP contribution < -0.4 is 5.32 Å². The number of carbonyl (C=O) groups is 1. The monoisotopic (exact) mass is 332 g/mol. The third-order valence-electron chi connectivity index (χ3n) is 4.51. The summed E-state index contributed by atoms with van der Waals surface area (Å²) in [5.74, 6) is -0.0542. The first kappa shape index (κ1) is 15.6. The Labute approximate surface area is 145 Å². The number of aromatic amines is 1. The highest BCUT2D eigenvalue weighted by molar-refractivity contribution is 6.22. The predicted octanol–water partition coefficient (Wildman–Crippen LogP) is 3.16. The third-order valence-corrected chi connectivity index (χ3v) is 4.51. The van der Waals surface area contributed by atoms with Crippen molar-refractivity contribution >= 4 is 38.5 Å². The Balaban J connectivity index is 1.85. The minimum atomic E-state index is -0.0542. The molecule has 4 aromatic rings. The van der Waals surface area contributed by atoms with Crippen LogP contribution in [0, 0.1) is 0 Å². The predicted molar refractivity (Wildman–Crippen MR) is 102 cm³/mol. The second kappa shape index (κ2) is 6.18. The standard InChI is InChI=1S/C20H20N4O/c1-24(2)11-10-22-20(25)15-5-3-4-14-18-16-12-21-9-8-13(16)6-7-17(18)23-19(14)15/h3-9,12,23H,10-11H2,1-2H3,(H,22,25). The lowest BCUT2D eigenvalue weighted by molar-refractivity contribution is 0.0952. The summed E-state index contributed by atoms with van der Waals surface area (Å²) in [5.41, 5.74) is 2.56. The van der Waals surface area contributed by atoms with Crippen LogP contribution in [0.5, 0.6) is 0 Å². The number of fused-ring (bicyclic) bond motifs is 5. The lowest BCUT2D eigenvalue weighted by Crippen LogP contribution is -2.31. The smallest absolute Gasteiger partial charge is 0.253 e. The average Bonchev–Trinajstić information content (AvgIpc) is 3.00. The van der Waals surface area contributed by atoms with Gasteiger partial charge in [0.1, 0.15) is 0 Å². The van der Waals surface area contributed by atoms with Gasteiger partial charge in [-0.2, -0.15) is 0 Å². The Bertz CT molecular complexity index is 1080. The number of benzene rings is 2. The van der Waals surface area contributed by atoms with E-state index in [1.807, 2.05) is 43.4 Å². The number of likely N-dealkylation sites (N-methyl/N-ethyl adjacent to an activating group) is 1. The molecule has 0 aliphatic carbocycles. The van der Waals surface area contributed by atoms with Gasteiger partial charge < -0.3 is 15.2 Å². The van der Waals surface area contributed by atoms with Crippen LogP contribution >= 0.6 is 0 Å². The topological polar surface area (TPSA) is 61.0 Å². The first-order valence-electron chi connectivity index (χ1n) is 8.35. The molecular formula is C20H20N4O. The van der Waals surface area contributed by atoms with Gasteiger partial charge in [-0.3, -0.25) is 9.78 Å². The number of aromatic nitrogens is 2. The number of H-pyrrole nitrogens is 1. The molecule has 25 heavy (non-hydrogen) atoms. The SMILES string of the molecule is CN(C)CCNC(=O)c1cccc2c1[nH]c1ccc3ccncc3c12. The zero-order valence-corrected chi connectivity index (χ0v) is 14.3. The number of nitrogens with one attached hydrogen (secondary N) is 2. The molecule has 0 aliphatic heterocycles. The van der Waals surface area contributed by atoms with Crippen molar-refractivity contribution in [1.82, 2.24) is 20.2 Å². The minimum Gasteiger partial charge on any atom is -0.354 e. The summed E-state index contributed by atoms with van der Waals surface area (Å²) in [4.78, 5) is 22.3. The number of para-hydroxylation sites is 1. The van der Waals surface area contributed by atoms with E-state index >= 15 is 0 Å². The Morgan fingerprint density at radius 2 is 2.04 bits per heavy atom. The first-order valence-corrected chi connectivity index (χ1v) is 8.35. The van der Waals surface area contributed by atoms with Crippen LogP contribution in [0.4, 0.5) is 0 Å². The number of rotatable bonds is 4. The maximum atomic E-state index is 12.6. The Morgan fingerprint density at radius 1 is 1.16 bits per heavy atom. The highest BCUT2D eigenvalue weighted by Crippen LogP contribution is 2.33. The van der Waals surface area contributed by atoms with E-state index in [-0.39, 0.29) is 5.91 Å². The van der Waals surface area contributed by atoms with Crippen molar-refractivity contribution in [2.24, 2.45) is 0 Å². The summed E-state index contributed by atoms with van der Waals surface area (Å²) in [5, 5.41) is 7.39. The molecule has 2 aromatic heterocycles. The van der Waals surface area contributed by atoms with Gasteiger partial charge in [-0.05, 0) is 37.7 Å². The van der Waals surface area contributed by atoms with Crippen molar-refractivity contribution in [3.63, 3.8) is 0 Å². The fourth-order valence-corrected chi connectivity index (χ4v) is 3.26. The second-order valence-electron chi connectivity index (χ2n) is 6.50. The molecule has 2 aromatic carbocycles. The van der Waals surface area contributed by atoms with E-state index in [2.05, 4.69) is 33.5 Å². The van der Waals surface area contributed by atoms with Gasteiger partial charge >= 0.3 is 0 Å². The molecule has 0 spiro atoms. The molecule has 0 bridgehead atoms. The van der Waals surface area contributed by atoms with Crippen molar-refractivity contribution in [2.75, 3.05) is 27.2 Å². The van der Waals surface area contributed by atoms with Gasteiger partial charge in [-0.15, -0.1) is 0 Å². The van der Waals surface area contributed by atoms with E-state index < -0.39 is 0 Å². The molecule has 4 rings (SSSR count). The summed E-state index contributed by atoms with van der Waals surface area (Å²) in [6.07, 6.45) is 3.68. The van der Waals surface area contributed by atoms with Gasteiger partial charge in [0.15, 0.2) is 0 Å². The molecule has 2 N–H and O–H groups in total. The molecule has 0 saturated carbocycles. The maximum Gasteiger partial charge on any atom is 0.253 e. The number of hydrogen-bond donors (Lipinski definition) is 2. The van der Waals surface area contributed by atoms with Crippen LogP contribution in [0.25, 0.3) is 32.6 Å². The van der Waals surface area contributed by atoms with Crippen LogP contribution in [0.15, 0.2) is 48.8 Å². The molecule has 0 unspecified atom stereocenters. The minimum absolute atomic E-state index is 0.0542. The molecule has 126 valence electrons. The van der Waals surface area contributed by atoms with Crippen LogP contribution in [-0.2, 0) is 0 Å². The molecule has 5 nitrogen and oxygen atoms in total. The van der Waals surface area contributed by atoms with Crippen LogP contribution in [-0.4, -0.2) is 48.0 Å². The van der Waals surface area contributed by atoms with Crippen molar-refractivity contribution in [3.05, 3.63) is 54.4 Å². The quantitative estimate of drug-likeness (QED) is 0.603. The number of pyridine rings is 1. The van der Waals surface area contributed by atoms with Crippen molar-refractivity contribution in [3.8, 4) is 0 Å². The normalized spacial score (nSPS) is 11.6. The number of carbonyl (C=O) groups excluding carboxylic acids is 1. The summed E-state index contributed by atoms with van der Waals surface area (Å²) >= 11 is 0. The van der Waals surface area contributed by atoms with Crippen molar-refractivity contribution in [1.29, 1.82) is 0 Å². The summed E-state index contributed by atoms with van der Waals surface area (Å²) < 4.78 is 0. The number of amides is 1. The molecule has 0 fully saturated rings. The van der Waals surface area contributed by atoms with E-state index in [9.17, 15) is 4.79 Å². The molecular weight excluding hydrogens is 312 g/mol. The van der Waals surface area contributed by atoms with Crippen LogP contribution in [0.3, 0.4) is 0 Å². The number of nitrogens with zero attached hydrogens (tertiary/aromatic N) is 2. The molecule has 0 atom stereocenters. The van der Waals surface area contributed by atoms with Gasteiger partial charge in [0.2, 0.25) is 0 Å². The third kappa shape index (κ3) is 2.72. The number of hydrogen-bond acceptors (Lipinski definition) is 3. The Kier molecular flexibility index (Phi) is 3.86. The Hall–Kier alpha value is -2.92. The van der Waals surface area contributed by atoms with E-state index in [0.29, 0.717) is 12.1 Å². The van der Waals surface area contributed by atoms with Crippen LogP contribution in [0.2, 0.25) is 0 Å². The van der Waals surface area contributed by atoms with Gasteiger partial charge in [0.05, 0.1) is 11.1 Å². The fourth-order valence-electron chi connectivity index (χ4n) is 3.26. The van der Waals surface area contributed by atoms with Crippen LogP contribution in [0.1, 0.15) is 10.4 Å². The van der Waals surface area contributed by atoms with E-state index in [1.165, 1.54) is 0 Å². The molecule has 5 heteroatoms. The molecule has 1 amide bonds. The highest BCUT2D eigenvalue weighted by atomic mass is 16.1. The van der Waals surface area contributed by atoms with E-state index in [4.69, 9.17) is 0 Å². The summed E-state index contributed by atoms with van der Waals surface area (Å²) in [6, 6.07) is 12.0. The van der Waals surface area contributed by atoms with Crippen molar-refractivity contribution < 1.29 is 4.79 Å². The highest BCUT2D eigenvalue weighted by Gasteiger charge is 2.15. The second-order valence-corrected chi connectivity index (χ2v) is 6.50. The first-order chi connectivity index (χ1) is 12.1. The fraction of sp³-hybridized carbons (Fsp3) is 0.200. The molecule has 0 radical (unpaired) electrons. The van der Waals surface area contributed by atoms with E-state index in [1.54, 1.807) is 6.20 Å². The largest absolute Gasteiger partial charge is 0.354 e. The van der Waals surface area contributed by atoms with E-state index in [0.717, 1.165) is 39.1 Å². The lowest BCUT2D eigenvalue weighted by atomic mass is 10.0. The lowest BCUT2D eigenvalue weighted by Gasteiger charge is -2.10. The van der Waals surface area contributed by atoms with Gasteiger partial charge in [0, 0.05) is 47.2 Å². The maximum absolute atomic E-state index is 12.6. The molecule has 0 aliphatic rings. The average molecular weight is 332 g/mol. The molecule has 2 heterocycles. The zero-order valence-electron chi connectivity index (χ0n) is 14.3. The molecule has 0 saturated heterocycles. The summed E-state index contributed by atoms with van der Waals surface area (Å²) in [6.45, 7) is 1.43. The van der Waals surface area contributed by atoms with Crippen molar-refractivity contribution in [2.45, 2.75) is 0 Å². The zero-order chi connectivity index (χ0) is 17.4. The van der Waals surface area contributed by atoms with Gasteiger partial charge in [-0.1, -0.05) is 18.2 Å². The summed E-state index contributed by atoms with van der Waals surface area (Å²) in [7, 11) is 3.98.